The van der Waals surface area contributed by atoms with Crippen molar-refractivity contribution in [2.24, 2.45) is 0 Å². The summed E-state index contributed by atoms with van der Waals surface area (Å²) in [7, 11) is 3.93. The molecule has 0 amide bonds. The largest absolute Gasteiger partial charge is 0.393 e. The number of halogens is 1. The zero-order valence-electron chi connectivity index (χ0n) is 11.6. The van der Waals surface area contributed by atoms with E-state index in [1.54, 1.807) is 6.92 Å². The smallest absolute Gasteiger partial charge is 0.0528 e. The average molecular weight is 271 g/mol. The minimum atomic E-state index is -0.272. The molecule has 18 heavy (non-hydrogen) atoms. The summed E-state index contributed by atoms with van der Waals surface area (Å²) in [6.45, 7) is 4.70. The van der Waals surface area contributed by atoms with Crippen molar-refractivity contribution in [1.82, 2.24) is 5.32 Å². The van der Waals surface area contributed by atoms with Crippen LogP contribution in [0.1, 0.15) is 31.9 Å². The van der Waals surface area contributed by atoms with E-state index in [2.05, 4.69) is 29.3 Å². The van der Waals surface area contributed by atoms with Gasteiger partial charge in [0.2, 0.25) is 0 Å². The number of hydrogen-bond donors (Lipinski definition) is 2. The summed E-state index contributed by atoms with van der Waals surface area (Å²) in [6, 6.07) is 6.34. The maximum atomic E-state index is 9.29. The molecule has 1 aromatic rings. The lowest BCUT2D eigenvalue weighted by Crippen LogP contribution is -2.22. The van der Waals surface area contributed by atoms with Crippen LogP contribution in [-0.2, 0) is 0 Å². The molecule has 0 aliphatic heterocycles. The Bertz CT molecular complexity index is 382. The van der Waals surface area contributed by atoms with Crippen LogP contribution in [0.25, 0.3) is 0 Å². The second kappa shape index (κ2) is 6.98. The third-order valence-electron chi connectivity index (χ3n) is 3.21. The SMILES string of the molecule is CNC(C)c1ccc(N(C)CCC(C)O)cc1Cl. The van der Waals surface area contributed by atoms with E-state index < -0.39 is 0 Å². The molecule has 0 saturated carbocycles. The van der Waals surface area contributed by atoms with Crippen molar-refractivity contribution in [3.63, 3.8) is 0 Å². The van der Waals surface area contributed by atoms with Crippen LogP contribution >= 0.6 is 11.6 Å². The first-order valence-electron chi connectivity index (χ1n) is 6.31. The summed E-state index contributed by atoms with van der Waals surface area (Å²) in [5.74, 6) is 0. The van der Waals surface area contributed by atoms with E-state index in [1.807, 2.05) is 20.2 Å². The zero-order chi connectivity index (χ0) is 13.7. The molecule has 0 aromatic heterocycles. The molecule has 0 heterocycles. The Labute approximate surface area is 115 Å². The van der Waals surface area contributed by atoms with Crippen LogP contribution in [0.3, 0.4) is 0 Å². The lowest BCUT2D eigenvalue weighted by Gasteiger charge is -2.22. The van der Waals surface area contributed by atoms with Gasteiger partial charge in [-0.1, -0.05) is 17.7 Å². The number of nitrogens with one attached hydrogen (secondary N) is 1. The molecule has 2 atom stereocenters. The molecule has 102 valence electrons. The van der Waals surface area contributed by atoms with Crippen molar-refractivity contribution in [3.8, 4) is 0 Å². The Balaban J connectivity index is 2.77. The first-order valence-corrected chi connectivity index (χ1v) is 6.69. The number of aliphatic hydroxyl groups excluding tert-OH is 1. The first kappa shape index (κ1) is 15.3. The Hall–Kier alpha value is -0.770. The van der Waals surface area contributed by atoms with Gasteiger partial charge in [0.05, 0.1) is 6.10 Å². The second-order valence-electron chi connectivity index (χ2n) is 4.78. The summed E-state index contributed by atoms with van der Waals surface area (Å²) in [5, 5.41) is 13.2. The molecule has 0 aliphatic rings. The standard InChI is InChI=1S/C14H23ClN2O/c1-10(18)7-8-17(4)12-5-6-13(11(2)16-3)14(15)9-12/h5-6,9-11,16,18H,7-8H2,1-4H3. The molecule has 1 aromatic carbocycles. The van der Waals surface area contributed by atoms with Crippen LogP contribution in [0.5, 0.6) is 0 Å². The minimum Gasteiger partial charge on any atom is -0.393 e. The number of rotatable bonds is 6. The average Bonchev–Trinajstić information content (AvgIpc) is 2.34. The Morgan fingerprint density at radius 3 is 2.56 bits per heavy atom. The van der Waals surface area contributed by atoms with Gasteiger partial charge < -0.3 is 15.3 Å². The van der Waals surface area contributed by atoms with Gasteiger partial charge in [0.25, 0.3) is 0 Å². The van der Waals surface area contributed by atoms with Crippen LogP contribution in [0.4, 0.5) is 5.69 Å². The number of nitrogens with zero attached hydrogens (tertiary/aromatic N) is 1. The summed E-state index contributed by atoms with van der Waals surface area (Å²) in [5.41, 5.74) is 2.18. The van der Waals surface area contributed by atoms with E-state index in [0.717, 1.165) is 29.2 Å². The highest BCUT2D eigenvalue weighted by Crippen LogP contribution is 2.27. The van der Waals surface area contributed by atoms with Gasteiger partial charge in [-0.15, -0.1) is 0 Å². The molecular formula is C14H23ClN2O. The van der Waals surface area contributed by atoms with Gasteiger partial charge in [0.1, 0.15) is 0 Å². The highest BCUT2D eigenvalue weighted by atomic mass is 35.5. The fourth-order valence-electron chi connectivity index (χ4n) is 1.77. The number of anilines is 1. The quantitative estimate of drug-likeness (QED) is 0.834. The summed E-state index contributed by atoms with van der Waals surface area (Å²) in [4.78, 5) is 2.10. The molecule has 0 aliphatic carbocycles. The molecule has 3 nitrogen and oxygen atoms in total. The van der Waals surface area contributed by atoms with Crippen LogP contribution in [-0.4, -0.2) is 31.9 Å². The van der Waals surface area contributed by atoms with E-state index >= 15 is 0 Å². The van der Waals surface area contributed by atoms with Crippen LogP contribution in [0.2, 0.25) is 5.02 Å². The Morgan fingerprint density at radius 1 is 1.39 bits per heavy atom. The molecule has 0 bridgehead atoms. The van der Waals surface area contributed by atoms with Crippen molar-refractivity contribution >= 4 is 17.3 Å². The topological polar surface area (TPSA) is 35.5 Å². The number of aliphatic hydroxyl groups is 1. The van der Waals surface area contributed by atoms with Crippen molar-refractivity contribution in [2.75, 3.05) is 25.5 Å². The molecule has 1 rings (SSSR count). The highest BCUT2D eigenvalue weighted by Gasteiger charge is 2.10. The maximum absolute atomic E-state index is 9.29. The van der Waals surface area contributed by atoms with E-state index in [1.165, 1.54) is 0 Å². The lowest BCUT2D eigenvalue weighted by molar-refractivity contribution is 0.187. The van der Waals surface area contributed by atoms with Gasteiger partial charge in [-0.25, -0.2) is 0 Å². The van der Waals surface area contributed by atoms with Gasteiger partial charge in [-0.05, 0) is 45.0 Å². The first-order chi connectivity index (χ1) is 8.45. The van der Waals surface area contributed by atoms with Crippen molar-refractivity contribution in [3.05, 3.63) is 28.8 Å². The third kappa shape index (κ3) is 4.16. The maximum Gasteiger partial charge on any atom is 0.0528 e. The summed E-state index contributed by atoms with van der Waals surface area (Å²) < 4.78 is 0. The molecule has 0 spiro atoms. The van der Waals surface area contributed by atoms with Crippen LogP contribution in [0, 0.1) is 0 Å². The lowest BCUT2D eigenvalue weighted by atomic mass is 10.1. The number of benzene rings is 1. The molecule has 0 fully saturated rings. The molecule has 4 heteroatoms. The normalized spacial score (nSPS) is 14.3. The predicted molar refractivity (Wildman–Crippen MR) is 78.5 cm³/mol. The van der Waals surface area contributed by atoms with Gasteiger partial charge >= 0.3 is 0 Å². The molecule has 2 unspecified atom stereocenters. The van der Waals surface area contributed by atoms with E-state index in [-0.39, 0.29) is 12.1 Å². The predicted octanol–water partition coefficient (Wildman–Crippen LogP) is 2.83. The summed E-state index contributed by atoms with van der Waals surface area (Å²) >= 11 is 6.29. The minimum absolute atomic E-state index is 0.245. The fraction of sp³-hybridized carbons (Fsp3) is 0.571. The zero-order valence-corrected chi connectivity index (χ0v) is 12.3. The van der Waals surface area contributed by atoms with Crippen LogP contribution in [0.15, 0.2) is 18.2 Å². The molecular weight excluding hydrogens is 248 g/mol. The number of hydrogen-bond acceptors (Lipinski definition) is 3. The molecule has 2 N–H and O–H groups in total. The third-order valence-corrected chi connectivity index (χ3v) is 3.53. The van der Waals surface area contributed by atoms with Crippen molar-refractivity contribution in [2.45, 2.75) is 32.4 Å². The second-order valence-corrected chi connectivity index (χ2v) is 5.18. The molecule has 0 saturated heterocycles. The Morgan fingerprint density at radius 2 is 2.06 bits per heavy atom. The monoisotopic (exact) mass is 270 g/mol. The van der Waals surface area contributed by atoms with Gasteiger partial charge in [0.15, 0.2) is 0 Å². The van der Waals surface area contributed by atoms with Gasteiger partial charge in [-0.2, -0.15) is 0 Å². The van der Waals surface area contributed by atoms with Crippen molar-refractivity contribution in [1.29, 1.82) is 0 Å². The van der Waals surface area contributed by atoms with E-state index in [0.29, 0.717) is 0 Å². The van der Waals surface area contributed by atoms with E-state index in [9.17, 15) is 5.11 Å². The van der Waals surface area contributed by atoms with Crippen molar-refractivity contribution < 1.29 is 5.11 Å². The Kier molecular flexibility index (Phi) is 5.93. The van der Waals surface area contributed by atoms with Gasteiger partial charge in [0, 0.05) is 30.3 Å². The fourth-order valence-corrected chi connectivity index (χ4v) is 2.11. The van der Waals surface area contributed by atoms with Crippen LogP contribution < -0.4 is 10.2 Å². The molecule has 0 radical (unpaired) electrons. The van der Waals surface area contributed by atoms with E-state index in [4.69, 9.17) is 11.6 Å². The highest BCUT2D eigenvalue weighted by molar-refractivity contribution is 6.31. The van der Waals surface area contributed by atoms with Gasteiger partial charge in [-0.3, -0.25) is 0 Å². The summed E-state index contributed by atoms with van der Waals surface area (Å²) in [6.07, 6.45) is 0.481.